The molecule has 0 spiro atoms. The van der Waals surface area contributed by atoms with Gasteiger partial charge in [-0.05, 0) is 25.1 Å². The molecule has 0 radical (unpaired) electrons. The van der Waals surface area contributed by atoms with E-state index in [9.17, 15) is 0 Å². The summed E-state index contributed by atoms with van der Waals surface area (Å²) in [4.78, 5) is 0. The standard InChI is InChI=1S/C9H10O/c1-3-4-5-9-7-6-8(2)10-9/h3-7H,1H2,2H3/b5-4-. The van der Waals surface area contributed by atoms with Crippen LogP contribution >= 0.6 is 0 Å². The minimum atomic E-state index is 0.873. The minimum Gasteiger partial charge on any atom is -0.462 e. The van der Waals surface area contributed by atoms with Gasteiger partial charge in [-0.1, -0.05) is 18.7 Å². The van der Waals surface area contributed by atoms with Crippen molar-refractivity contribution in [3.8, 4) is 0 Å². The molecule has 0 amide bonds. The summed E-state index contributed by atoms with van der Waals surface area (Å²) in [5.41, 5.74) is 0. The van der Waals surface area contributed by atoms with Crippen LogP contribution < -0.4 is 0 Å². The maximum absolute atomic E-state index is 5.25. The average Bonchev–Trinajstić information content (AvgIpc) is 2.31. The van der Waals surface area contributed by atoms with Crippen molar-refractivity contribution >= 4 is 6.08 Å². The lowest BCUT2D eigenvalue weighted by atomic mass is 10.4. The molecule has 0 saturated carbocycles. The number of hydrogen-bond acceptors (Lipinski definition) is 1. The highest BCUT2D eigenvalue weighted by Gasteiger charge is 1.89. The second-order valence-corrected chi connectivity index (χ2v) is 2.04. The first-order valence-electron chi connectivity index (χ1n) is 3.18. The molecule has 1 aromatic rings. The summed E-state index contributed by atoms with van der Waals surface area (Å²) in [7, 11) is 0. The van der Waals surface area contributed by atoms with Gasteiger partial charge in [-0.3, -0.25) is 0 Å². The van der Waals surface area contributed by atoms with Gasteiger partial charge in [-0.25, -0.2) is 0 Å². The van der Waals surface area contributed by atoms with Crippen LogP contribution in [0.3, 0.4) is 0 Å². The Balaban J connectivity index is 2.75. The number of aryl methyl sites for hydroxylation is 1. The van der Waals surface area contributed by atoms with E-state index >= 15 is 0 Å². The van der Waals surface area contributed by atoms with Gasteiger partial charge in [0.15, 0.2) is 0 Å². The van der Waals surface area contributed by atoms with E-state index in [1.807, 2.05) is 31.2 Å². The summed E-state index contributed by atoms with van der Waals surface area (Å²) in [6.07, 6.45) is 5.44. The lowest BCUT2D eigenvalue weighted by Crippen LogP contribution is -1.58. The van der Waals surface area contributed by atoms with Gasteiger partial charge in [-0.2, -0.15) is 0 Å². The normalized spacial score (nSPS) is 10.5. The fourth-order valence-corrected chi connectivity index (χ4v) is 0.706. The van der Waals surface area contributed by atoms with Crippen LogP contribution in [0.1, 0.15) is 11.5 Å². The average molecular weight is 134 g/mol. The SMILES string of the molecule is C=C/C=C\c1ccc(C)o1. The van der Waals surface area contributed by atoms with E-state index < -0.39 is 0 Å². The molecule has 1 rings (SSSR count). The van der Waals surface area contributed by atoms with Crippen molar-refractivity contribution in [1.29, 1.82) is 0 Å². The molecule has 52 valence electrons. The zero-order valence-corrected chi connectivity index (χ0v) is 6.00. The largest absolute Gasteiger partial charge is 0.462 e. The predicted molar refractivity (Wildman–Crippen MR) is 42.7 cm³/mol. The molecular weight excluding hydrogens is 124 g/mol. The van der Waals surface area contributed by atoms with Crippen LogP contribution in [0, 0.1) is 6.92 Å². The Morgan fingerprint density at radius 2 is 2.30 bits per heavy atom. The third-order valence-electron chi connectivity index (χ3n) is 1.16. The van der Waals surface area contributed by atoms with Crippen molar-refractivity contribution in [1.82, 2.24) is 0 Å². The van der Waals surface area contributed by atoms with Gasteiger partial charge < -0.3 is 4.42 Å². The second-order valence-electron chi connectivity index (χ2n) is 2.04. The first-order chi connectivity index (χ1) is 4.83. The Bertz CT molecular complexity index is 243. The molecule has 1 heteroatoms. The molecule has 10 heavy (non-hydrogen) atoms. The van der Waals surface area contributed by atoms with Crippen LogP contribution in [-0.4, -0.2) is 0 Å². The van der Waals surface area contributed by atoms with Gasteiger partial charge in [-0.15, -0.1) is 0 Å². The second kappa shape index (κ2) is 3.06. The van der Waals surface area contributed by atoms with Crippen molar-refractivity contribution in [2.75, 3.05) is 0 Å². The lowest BCUT2D eigenvalue weighted by molar-refractivity contribution is 0.525. The molecule has 0 aromatic carbocycles. The maximum atomic E-state index is 5.25. The topological polar surface area (TPSA) is 13.1 Å². The predicted octanol–water partition coefficient (Wildman–Crippen LogP) is 2.79. The molecule has 0 atom stereocenters. The maximum Gasteiger partial charge on any atom is 0.127 e. The quantitative estimate of drug-likeness (QED) is 0.567. The van der Waals surface area contributed by atoms with Crippen molar-refractivity contribution in [2.45, 2.75) is 6.92 Å². The van der Waals surface area contributed by atoms with Crippen molar-refractivity contribution in [2.24, 2.45) is 0 Å². The highest BCUT2D eigenvalue weighted by atomic mass is 16.3. The van der Waals surface area contributed by atoms with Crippen LogP contribution in [0.25, 0.3) is 6.08 Å². The van der Waals surface area contributed by atoms with Gasteiger partial charge in [0, 0.05) is 0 Å². The van der Waals surface area contributed by atoms with Crippen molar-refractivity contribution < 1.29 is 4.42 Å². The first-order valence-corrected chi connectivity index (χ1v) is 3.18. The van der Waals surface area contributed by atoms with Crippen LogP contribution in [0.15, 0.2) is 35.3 Å². The zero-order chi connectivity index (χ0) is 7.40. The molecular formula is C9H10O. The molecule has 0 bridgehead atoms. The van der Waals surface area contributed by atoms with Gasteiger partial charge in [0.2, 0.25) is 0 Å². The molecule has 0 saturated heterocycles. The molecule has 0 unspecified atom stereocenters. The smallest absolute Gasteiger partial charge is 0.127 e. The lowest BCUT2D eigenvalue weighted by Gasteiger charge is -1.81. The third-order valence-corrected chi connectivity index (χ3v) is 1.16. The molecule has 0 aliphatic heterocycles. The van der Waals surface area contributed by atoms with Crippen molar-refractivity contribution in [3.05, 3.63) is 42.4 Å². The summed E-state index contributed by atoms with van der Waals surface area (Å²) in [6.45, 7) is 5.48. The molecule has 0 fully saturated rings. The zero-order valence-electron chi connectivity index (χ0n) is 6.00. The first kappa shape index (κ1) is 6.87. The van der Waals surface area contributed by atoms with E-state index in [0.29, 0.717) is 0 Å². The molecule has 1 nitrogen and oxygen atoms in total. The molecule has 0 N–H and O–H groups in total. The van der Waals surface area contributed by atoms with Crippen LogP contribution in [-0.2, 0) is 0 Å². The van der Waals surface area contributed by atoms with Crippen LogP contribution in [0.2, 0.25) is 0 Å². The van der Waals surface area contributed by atoms with Gasteiger partial charge >= 0.3 is 0 Å². The Hall–Kier alpha value is -1.24. The van der Waals surface area contributed by atoms with E-state index in [1.165, 1.54) is 0 Å². The number of rotatable bonds is 2. The van der Waals surface area contributed by atoms with Gasteiger partial charge in [0.25, 0.3) is 0 Å². The molecule has 1 aromatic heterocycles. The Morgan fingerprint density at radius 1 is 1.50 bits per heavy atom. The van der Waals surface area contributed by atoms with E-state index in [-0.39, 0.29) is 0 Å². The summed E-state index contributed by atoms with van der Waals surface area (Å²) < 4.78 is 5.25. The van der Waals surface area contributed by atoms with Crippen LogP contribution in [0.5, 0.6) is 0 Å². The highest BCUT2D eigenvalue weighted by molar-refractivity contribution is 5.44. The number of furan rings is 1. The summed E-state index contributed by atoms with van der Waals surface area (Å²) in [5, 5.41) is 0. The fraction of sp³-hybridized carbons (Fsp3) is 0.111. The van der Waals surface area contributed by atoms with Gasteiger partial charge in [0.05, 0.1) is 0 Å². The minimum absolute atomic E-state index is 0.873. The number of allylic oxidation sites excluding steroid dienone is 2. The van der Waals surface area contributed by atoms with E-state index in [1.54, 1.807) is 6.08 Å². The number of hydrogen-bond donors (Lipinski definition) is 0. The summed E-state index contributed by atoms with van der Waals surface area (Å²) in [5.74, 6) is 1.81. The monoisotopic (exact) mass is 134 g/mol. The Labute approximate surface area is 60.7 Å². The van der Waals surface area contributed by atoms with Crippen LogP contribution in [0.4, 0.5) is 0 Å². The molecule has 0 aliphatic carbocycles. The fourth-order valence-electron chi connectivity index (χ4n) is 0.706. The molecule has 0 aliphatic rings. The van der Waals surface area contributed by atoms with E-state index in [0.717, 1.165) is 11.5 Å². The van der Waals surface area contributed by atoms with Gasteiger partial charge in [0.1, 0.15) is 11.5 Å². The third kappa shape index (κ3) is 1.62. The summed E-state index contributed by atoms with van der Waals surface area (Å²) in [6, 6.07) is 3.86. The summed E-state index contributed by atoms with van der Waals surface area (Å²) >= 11 is 0. The highest BCUT2D eigenvalue weighted by Crippen LogP contribution is 2.07. The Morgan fingerprint density at radius 3 is 2.80 bits per heavy atom. The van der Waals surface area contributed by atoms with E-state index in [4.69, 9.17) is 4.42 Å². The Kier molecular flexibility index (Phi) is 2.11. The van der Waals surface area contributed by atoms with Crippen molar-refractivity contribution in [3.63, 3.8) is 0 Å². The van der Waals surface area contributed by atoms with E-state index in [2.05, 4.69) is 6.58 Å². The molecule has 1 heterocycles.